The SMILES string of the molecule is COc1ccc2[nH]cc(NC(=O)N3CCC(C(N)=O)CC3)c(=O)c2n1. The topological polar surface area (TPSA) is 130 Å². The molecule has 0 saturated carbocycles. The van der Waals surface area contributed by atoms with Crippen LogP contribution in [-0.4, -0.2) is 47.0 Å². The number of nitrogens with two attached hydrogens (primary N) is 1. The highest BCUT2D eigenvalue weighted by Gasteiger charge is 2.26. The van der Waals surface area contributed by atoms with E-state index in [9.17, 15) is 14.4 Å². The van der Waals surface area contributed by atoms with Gasteiger partial charge in [0.05, 0.1) is 12.6 Å². The van der Waals surface area contributed by atoms with E-state index in [0.29, 0.717) is 37.3 Å². The minimum absolute atomic E-state index is 0.107. The van der Waals surface area contributed by atoms with Crippen LogP contribution in [0.1, 0.15) is 12.8 Å². The number of rotatable bonds is 3. The third kappa shape index (κ3) is 3.39. The minimum Gasteiger partial charge on any atom is -0.481 e. The summed E-state index contributed by atoms with van der Waals surface area (Å²) in [4.78, 5) is 44.7. The van der Waals surface area contributed by atoms with Crippen LogP contribution < -0.4 is 21.2 Å². The summed E-state index contributed by atoms with van der Waals surface area (Å²) in [5.74, 6) is -0.231. The van der Waals surface area contributed by atoms with Crippen LogP contribution in [0, 0.1) is 5.92 Å². The van der Waals surface area contributed by atoms with E-state index in [1.807, 2.05) is 0 Å². The van der Waals surface area contributed by atoms with Crippen molar-refractivity contribution in [3.05, 3.63) is 28.6 Å². The number of aromatic nitrogens is 2. The fraction of sp³-hybridized carbons (Fsp3) is 0.375. The number of aromatic amines is 1. The largest absolute Gasteiger partial charge is 0.481 e. The lowest BCUT2D eigenvalue weighted by atomic mass is 9.96. The second-order valence-electron chi connectivity index (χ2n) is 5.88. The van der Waals surface area contributed by atoms with E-state index >= 15 is 0 Å². The van der Waals surface area contributed by atoms with Gasteiger partial charge >= 0.3 is 6.03 Å². The van der Waals surface area contributed by atoms with Crippen LogP contribution in [0.2, 0.25) is 0 Å². The number of amides is 3. The van der Waals surface area contributed by atoms with Crippen molar-refractivity contribution >= 4 is 28.7 Å². The molecule has 0 spiro atoms. The van der Waals surface area contributed by atoms with Gasteiger partial charge in [0.1, 0.15) is 11.2 Å². The summed E-state index contributed by atoms with van der Waals surface area (Å²) in [5, 5.41) is 2.60. The monoisotopic (exact) mass is 345 g/mol. The molecule has 3 heterocycles. The first-order valence-electron chi connectivity index (χ1n) is 7.91. The van der Waals surface area contributed by atoms with Gasteiger partial charge in [-0.2, -0.15) is 0 Å². The lowest BCUT2D eigenvalue weighted by Gasteiger charge is -2.30. The maximum absolute atomic E-state index is 12.5. The number of carbonyl (C=O) groups is 2. The van der Waals surface area contributed by atoms with Gasteiger partial charge in [0.15, 0.2) is 0 Å². The fourth-order valence-corrected chi connectivity index (χ4v) is 2.84. The first-order chi connectivity index (χ1) is 12.0. The zero-order chi connectivity index (χ0) is 18.0. The van der Waals surface area contributed by atoms with Crippen molar-refractivity contribution in [3.8, 4) is 5.88 Å². The summed E-state index contributed by atoms with van der Waals surface area (Å²) in [5.41, 5.74) is 5.73. The van der Waals surface area contributed by atoms with E-state index in [0.717, 1.165) is 0 Å². The number of nitrogens with one attached hydrogen (secondary N) is 2. The molecule has 3 amide bonds. The van der Waals surface area contributed by atoms with Crippen molar-refractivity contribution in [2.75, 3.05) is 25.5 Å². The van der Waals surface area contributed by atoms with Gasteiger partial charge in [0.2, 0.25) is 17.2 Å². The molecule has 1 aliphatic heterocycles. The number of hydrogen-bond acceptors (Lipinski definition) is 5. The Kier molecular flexibility index (Phi) is 4.55. The number of likely N-dealkylation sites (tertiary alicyclic amines) is 1. The van der Waals surface area contributed by atoms with Crippen molar-refractivity contribution in [3.63, 3.8) is 0 Å². The molecule has 132 valence electrons. The molecule has 0 aliphatic carbocycles. The molecule has 2 aromatic heterocycles. The van der Waals surface area contributed by atoms with E-state index < -0.39 is 11.5 Å². The number of pyridine rings is 2. The number of anilines is 1. The number of piperidine rings is 1. The summed E-state index contributed by atoms with van der Waals surface area (Å²) < 4.78 is 5.03. The number of methoxy groups -OCH3 is 1. The quantitative estimate of drug-likeness (QED) is 0.752. The lowest BCUT2D eigenvalue weighted by Crippen LogP contribution is -2.44. The standard InChI is InChI=1S/C16H19N5O4/c1-25-12-3-2-10-13(20-12)14(22)11(8-18-10)19-16(24)21-6-4-9(5-7-21)15(17)23/h2-3,8-9H,4-7H2,1H3,(H2,17,23)(H,18,22)(H,19,24). The Morgan fingerprint density at radius 1 is 1.36 bits per heavy atom. The van der Waals surface area contributed by atoms with Crippen molar-refractivity contribution in [1.82, 2.24) is 14.9 Å². The molecule has 0 aromatic carbocycles. The molecule has 1 aliphatic rings. The van der Waals surface area contributed by atoms with E-state index in [1.54, 1.807) is 17.0 Å². The summed E-state index contributed by atoms with van der Waals surface area (Å²) in [7, 11) is 1.46. The number of hydrogen-bond donors (Lipinski definition) is 3. The van der Waals surface area contributed by atoms with Gasteiger partial charge in [-0.05, 0) is 18.9 Å². The number of carbonyl (C=O) groups excluding carboxylic acids is 2. The lowest BCUT2D eigenvalue weighted by molar-refractivity contribution is -0.122. The van der Waals surface area contributed by atoms with Gasteiger partial charge in [0, 0.05) is 31.3 Å². The Bertz CT molecular complexity index is 870. The van der Waals surface area contributed by atoms with E-state index in [2.05, 4.69) is 15.3 Å². The van der Waals surface area contributed by atoms with Crippen LogP contribution >= 0.6 is 0 Å². The zero-order valence-corrected chi connectivity index (χ0v) is 13.7. The molecule has 9 nitrogen and oxygen atoms in total. The molecular formula is C16H19N5O4. The van der Waals surface area contributed by atoms with E-state index in [1.165, 1.54) is 13.3 Å². The van der Waals surface area contributed by atoms with Crippen molar-refractivity contribution < 1.29 is 14.3 Å². The third-order valence-electron chi connectivity index (χ3n) is 4.34. The Morgan fingerprint density at radius 2 is 2.08 bits per heavy atom. The number of fused-ring (bicyclic) bond motifs is 1. The number of ether oxygens (including phenoxy) is 1. The zero-order valence-electron chi connectivity index (χ0n) is 13.7. The van der Waals surface area contributed by atoms with Crippen LogP contribution in [0.15, 0.2) is 23.1 Å². The highest BCUT2D eigenvalue weighted by atomic mass is 16.5. The maximum atomic E-state index is 12.5. The second kappa shape index (κ2) is 6.80. The number of primary amides is 1. The van der Waals surface area contributed by atoms with Gasteiger partial charge in [-0.1, -0.05) is 0 Å². The van der Waals surface area contributed by atoms with Crippen LogP contribution in [0.4, 0.5) is 10.5 Å². The highest BCUT2D eigenvalue weighted by molar-refractivity contribution is 5.91. The molecule has 0 bridgehead atoms. The molecule has 0 radical (unpaired) electrons. The number of H-pyrrole nitrogens is 1. The highest BCUT2D eigenvalue weighted by Crippen LogP contribution is 2.18. The van der Waals surface area contributed by atoms with E-state index in [4.69, 9.17) is 10.5 Å². The molecule has 1 fully saturated rings. The minimum atomic E-state index is -0.395. The summed E-state index contributed by atoms with van der Waals surface area (Å²) in [6.45, 7) is 0.827. The van der Waals surface area contributed by atoms with Crippen LogP contribution in [0.5, 0.6) is 5.88 Å². The Labute approximate surface area is 143 Å². The molecular weight excluding hydrogens is 326 g/mol. The number of urea groups is 1. The molecule has 4 N–H and O–H groups in total. The third-order valence-corrected chi connectivity index (χ3v) is 4.34. The van der Waals surface area contributed by atoms with Crippen molar-refractivity contribution in [2.45, 2.75) is 12.8 Å². The Morgan fingerprint density at radius 3 is 2.72 bits per heavy atom. The average Bonchev–Trinajstić information content (AvgIpc) is 2.63. The molecule has 9 heteroatoms. The summed E-state index contributed by atoms with van der Waals surface area (Å²) >= 11 is 0. The fourth-order valence-electron chi connectivity index (χ4n) is 2.84. The van der Waals surface area contributed by atoms with Gasteiger partial charge in [0.25, 0.3) is 0 Å². The summed E-state index contributed by atoms with van der Waals surface area (Å²) in [6.07, 6.45) is 2.48. The molecule has 3 rings (SSSR count). The van der Waals surface area contributed by atoms with Crippen molar-refractivity contribution in [2.24, 2.45) is 11.7 Å². The van der Waals surface area contributed by atoms with Crippen LogP contribution in [0.25, 0.3) is 11.0 Å². The molecule has 2 aromatic rings. The molecule has 0 atom stereocenters. The smallest absolute Gasteiger partial charge is 0.321 e. The predicted molar refractivity (Wildman–Crippen MR) is 91.4 cm³/mol. The van der Waals surface area contributed by atoms with Crippen LogP contribution in [0.3, 0.4) is 0 Å². The summed E-state index contributed by atoms with van der Waals surface area (Å²) in [6, 6.07) is 2.93. The second-order valence-corrected chi connectivity index (χ2v) is 5.88. The first-order valence-corrected chi connectivity index (χ1v) is 7.91. The first kappa shape index (κ1) is 16.7. The Hall–Kier alpha value is -3.10. The maximum Gasteiger partial charge on any atom is 0.321 e. The van der Waals surface area contributed by atoms with E-state index in [-0.39, 0.29) is 23.0 Å². The van der Waals surface area contributed by atoms with Gasteiger partial charge in [-0.3, -0.25) is 9.59 Å². The predicted octanol–water partition coefficient (Wildman–Crippen LogP) is 0.661. The van der Waals surface area contributed by atoms with Crippen LogP contribution in [-0.2, 0) is 4.79 Å². The molecule has 25 heavy (non-hydrogen) atoms. The average molecular weight is 345 g/mol. The molecule has 0 unspecified atom stereocenters. The molecule has 1 saturated heterocycles. The van der Waals surface area contributed by atoms with Gasteiger partial charge < -0.3 is 25.7 Å². The van der Waals surface area contributed by atoms with Gasteiger partial charge in [-0.25, -0.2) is 9.78 Å². The normalized spacial score (nSPS) is 15.2. The van der Waals surface area contributed by atoms with Gasteiger partial charge in [-0.15, -0.1) is 0 Å². The number of nitrogens with zero attached hydrogens (tertiary/aromatic N) is 2. The van der Waals surface area contributed by atoms with Crippen molar-refractivity contribution in [1.29, 1.82) is 0 Å². The Balaban J connectivity index is 1.76.